The lowest BCUT2D eigenvalue weighted by Gasteiger charge is -2.11. The summed E-state index contributed by atoms with van der Waals surface area (Å²) < 4.78 is 78.5. The number of nitrogens with zero attached hydrogens (tertiary/aromatic N) is 4. The van der Waals surface area contributed by atoms with Crippen LogP contribution < -0.4 is 5.73 Å². The first-order valence-corrected chi connectivity index (χ1v) is 11.1. The van der Waals surface area contributed by atoms with Gasteiger partial charge in [-0.25, -0.2) is 13.5 Å². The third-order valence-corrected chi connectivity index (χ3v) is 6.19. The first-order valence-electron chi connectivity index (χ1n) is 11.1. The van der Waals surface area contributed by atoms with E-state index in [0.29, 0.717) is 5.39 Å². The third kappa shape index (κ3) is 3.64. The van der Waals surface area contributed by atoms with Crippen LogP contribution in [0.15, 0.2) is 70.3 Å². The van der Waals surface area contributed by atoms with Gasteiger partial charge in [-0.2, -0.15) is 18.3 Å². The molecule has 3 aromatic carbocycles. The Hall–Kier alpha value is -4.87. The highest BCUT2D eigenvalue weighted by atomic mass is 19.4. The Morgan fingerprint density at radius 3 is 2.50 bits per heavy atom. The fraction of sp³-hybridized carbons (Fsp3) is 0.0769. The van der Waals surface area contributed by atoms with E-state index in [2.05, 4.69) is 15.2 Å². The molecule has 0 fully saturated rings. The Labute approximate surface area is 209 Å². The molecule has 3 heterocycles. The van der Waals surface area contributed by atoms with E-state index in [-0.39, 0.29) is 51.7 Å². The SMILES string of the molecule is Nc1noc2ccc(-n3nc(C(F)(F)F)c4ccc(-c5ccc(C6=NC=CCC6=O)cc5F)c(F)c43)cc12. The van der Waals surface area contributed by atoms with Crippen molar-refractivity contribution in [3.63, 3.8) is 0 Å². The first kappa shape index (κ1) is 23.5. The molecule has 7 nitrogen and oxygen atoms in total. The van der Waals surface area contributed by atoms with E-state index in [1.165, 1.54) is 36.5 Å². The number of nitrogens with two attached hydrogens (primary N) is 1. The monoisotopic (exact) mass is 523 g/mol. The largest absolute Gasteiger partial charge is 0.435 e. The van der Waals surface area contributed by atoms with Gasteiger partial charge in [0.2, 0.25) is 0 Å². The lowest BCUT2D eigenvalue weighted by atomic mass is 9.97. The van der Waals surface area contributed by atoms with Crippen LogP contribution in [0.3, 0.4) is 0 Å². The van der Waals surface area contributed by atoms with E-state index in [0.717, 1.165) is 22.9 Å². The Bertz CT molecular complexity index is 1850. The number of Topliss-reactive ketones (excluding diaryl/α,β-unsaturated/α-hetero) is 1. The van der Waals surface area contributed by atoms with Crippen molar-refractivity contribution in [2.24, 2.45) is 4.99 Å². The quantitative estimate of drug-likeness (QED) is 0.293. The van der Waals surface area contributed by atoms with E-state index in [1.807, 2.05) is 0 Å². The molecule has 0 saturated heterocycles. The van der Waals surface area contributed by atoms with Gasteiger partial charge in [0.1, 0.15) is 17.0 Å². The van der Waals surface area contributed by atoms with Crippen LogP contribution in [0.25, 0.3) is 38.7 Å². The van der Waals surface area contributed by atoms with Gasteiger partial charge >= 0.3 is 6.18 Å². The van der Waals surface area contributed by atoms with Gasteiger partial charge in [-0.15, -0.1) is 0 Å². The molecule has 2 N–H and O–H groups in total. The molecule has 6 rings (SSSR count). The van der Waals surface area contributed by atoms with Crippen molar-refractivity contribution >= 4 is 39.2 Å². The zero-order valence-corrected chi connectivity index (χ0v) is 19.1. The molecular weight excluding hydrogens is 509 g/mol. The average Bonchev–Trinajstić information content (AvgIpc) is 3.46. The van der Waals surface area contributed by atoms with Crippen molar-refractivity contribution in [2.75, 3.05) is 5.73 Å². The van der Waals surface area contributed by atoms with Crippen LogP contribution in [-0.2, 0) is 11.0 Å². The van der Waals surface area contributed by atoms with Crippen LogP contribution in [0.5, 0.6) is 0 Å². The lowest BCUT2D eigenvalue weighted by Crippen LogP contribution is -2.16. The molecule has 0 atom stereocenters. The lowest BCUT2D eigenvalue weighted by molar-refractivity contribution is -0.140. The number of carbonyl (C=O) groups excluding carboxylic acids is 1. The average molecular weight is 523 g/mol. The summed E-state index contributed by atoms with van der Waals surface area (Å²) in [4.78, 5) is 16.1. The third-order valence-electron chi connectivity index (χ3n) is 6.19. The van der Waals surface area contributed by atoms with Crippen molar-refractivity contribution in [1.29, 1.82) is 0 Å². The van der Waals surface area contributed by atoms with Gasteiger partial charge in [0, 0.05) is 34.7 Å². The number of alkyl halides is 3. The second kappa shape index (κ2) is 8.33. The Morgan fingerprint density at radius 1 is 0.974 bits per heavy atom. The summed E-state index contributed by atoms with van der Waals surface area (Å²) in [7, 11) is 0. The molecule has 12 heteroatoms. The van der Waals surface area contributed by atoms with Crippen LogP contribution in [0.1, 0.15) is 17.7 Å². The number of aliphatic imine (C=N–C) groups is 1. The van der Waals surface area contributed by atoms with E-state index in [1.54, 1.807) is 6.08 Å². The minimum atomic E-state index is -4.90. The van der Waals surface area contributed by atoms with Crippen molar-refractivity contribution in [2.45, 2.75) is 12.6 Å². The molecule has 0 saturated carbocycles. The number of allylic oxidation sites excluding steroid dienone is 1. The molecule has 0 bridgehead atoms. The van der Waals surface area contributed by atoms with Crippen molar-refractivity contribution in [3.05, 3.63) is 83.7 Å². The highest BCUT2D eigenvalue weighted by Crippen LogP contribution is 2.39. The summed E-state index contributed by atoms with van der Waals surface area (Å²) in [6, 6.07) is 9.94. The summed E-state index contributed by atoms with van der Waals surface area (Å²) in [5.41, 5.74) is 4.03. The van der Waals surface area contributed by atoms with Crippen molar-refractivity contribution in [1.82, 2.24) is 14.9 Å². The van der Waals surface area contributed by atoms with Crippen LogP contribution in [0, 0.1) is 11.6 Å². The molecule has 2 aromatic heterocycles. The smallest absolute Gasteiger partial charge is 0.380 e. The molecule has 190 valence electrons. The first-order chi connectivity index (χ1) is 18.1. The number of nitrogen functional groups attached to an aromatic ring is 1. The predicted molar refractivity (Wildman–Crippen MR) is 129 cm³/mol. The number of hydrogen-bond acceptors (Lipinski definition) is 6. The van der Waals surface area contributed by atoms with E-state index in [9.17, 15) is 18.0 Å². The van der Waals surface area contributed by atoms with E-state index < -0.39 is 34.4 Å². The number of fused-ring (bicyclic) bond motifs is 2. The van der Waals surface area contributed by atoms with E-state index >= 15 is 8.78 Å². The molecule has 1 aliphatic heterocycles. The normalized spacial score (nSPS) is 14.0. The predicted octanol–water partition coefficient (Wildman–Crippen LogP) is 5.99. The summed E-state index contributed by atoms with van der Waals surface area (Å²) in [5.74, 6) is -2.31. The number of benzene rings is 3. The topological polar surface area (TPSA) is 99.3 Å². The van der Waals surface area contributed by atoms with Gasteiger partial charge in [0.25, 0.3) is 0 Å². The number of halogens is 5. The van der Waals surface area contributed by atoms with Crippen LogP contribution >= 0.6 is 0 Å². The van der Waals surface area contributed by atoms with Gasteiger partial charge in [-0.1, -0.05) is 29.4 Å². The standard InChI is InChI=1S/C26H14F5N5O2/c27-18-10-12(22-19(37)2-1-9-33-22)3-5-14(18)15-6-7-16-23(21(15)28)36(34-24(16)26(29,30)31)13-4-8-20-17(11-13)25(32)35-38-20/h1,3-11H,2H2,(H2,32,35). The highest BCUT2D eigenvalue weighted by molar-refractivity contribution is 6.47. The van der Waals surface area contributed by atoms with Crippen molar-refractivity contribution < 1.29 is 31.3 Å². The maximum Gasteiger partial charge on any atom is 0.435 e. The fourth-order valence-electron chi connectivity index (χ4n) is 4.42. The second-order valence-electron chi connectivity index (χ2n) is 8.51. The molecule has 0 spiro atoms. The number of anilines is 1. The molecule has 38 heavy (non-hydrogen) atoms. The van der Waals surface area contributed by atoms with Crippen molar-refractivity contribution in [3.8, 4) is 16.8 Å². The Balaban J connectivity index is 1.56. The molecule has 1 aliphatic rings. The minimum Gasteiger partial charge on any atom is -0.380 e. The highest BCUT2D eigenvalue weighted by Gasteiger charge is 2.38. The minimum absolute atomic E-state index is 0.00535. The van der Waals surface area contributed by atoms with Crippen LogP contribution in [0.4, 0.5) is 27.8 Å². The molecule has 0 aliphatic carbocycles. The summed E-state index contributed by atoms with van der Waals surface area (Å²) in [6.45, 7) is 0. The molecule has 0 radical (unpaired) electrons. The number of rotatable bonds is 3. The molecule has 5 aromatic rings. The zero-order valence-electron chi connectivity index (χ0n) is 19.1. The van der Waals surface area contributed by atoms with Gasteiger partial charge in [-0.05, 0) is 30.3 Å². The molecular formula is C26H14F5N5O2. The summed E-state index contributed by atoms with van der Waals surface area (Å²) in [5, 5.41) is 7.06. The van der Waals surface area contributed by atoms with Gasteiger partial charge in [-0.3, -0.25) is 9.79 Å². The second-order valence-corrected chi connectivity index (χ2v) is 8.51. The Kier molecular flexibility index (Phi) is 5.16. The fourth-order valence-corrected chi connectivity index (χ4v) is 4.42. The Morgan fingerprint density at radius 2 is 1.76 bits per heavy atom. The summed E-state index contributed by atoms with van der Waals surface area (Å²) >= 11 is 0. The van der Waals surface area contributed by atoms with Gasteiger partial charge in [0.15, 0.2) is 28.7 Å². The number of aromatic nitrogens is 3. The summed E-state index contributed by atoms with van der Waals surface area (Å²) in [6.07, 6.45) is -1.79. The van der Waals surface area contributed by atoms with Gasteiger partial charge < -0.3 is 10.3 Å². The molecule has 0 unspecified atom stereocenters. The molecule has 0 amide bonds. The van der Waals surface area contributed by atoms with Crippen LogP contribution in [-0.4, -0.2) is 26.4 Å². The van der Waals surface area contributed by atoms with Crippen LogP contribution in [0.2, 0.25) is 0 Å². The zero-order chi connectivity index (χ0) is 26.8. The van der Waals surface area contributed by atoms with E-state index in [4.69, 9.17) is 10.3 Å². The number of ketones is 1. The number of hydrogen-bond donors (Lipinski definition) is 1. The van der Waals surface area contributed by atoms with Gasteiger partial charge in [0.05, 0.1) is 11.1 Å². The maximum atomic E-state index is 16.0. The number of carbonyl (C=O) groups is 1. The maximum absolute atomic E-state index is 16.0.